The number of rotatable bonds is 23. The number of phenolic OH excluding ortho intramolecular Hbond substituents is 1. The number of benzene rings is 3. The second kappa shape index (κ2) is 22.8. The van der Waals surface area contributed by atoms with Gasteiger partial charge in [0.15, 0.2) is 0 Å². The molecule has 0 fully saturated rings. The predicted octanol–water partition coefficient (Wildman–Crippen LogP) is 15.1. The maximum absolute atomic E-state index is 14.1. The second-order valence-corrected chi connectivity index (χ2v) is 22.0. The van der Waals surface area contributed by atoms with E-state index in [1.54, 1.807) is 6.07 Å². The molecule has 0 aromatic heterocycles. The van der Waals surface area contributed by atoms with Gasteiger partial charge >= 0.3 is 5.69 Å². The highest BCUT2D eigenvalue weighted by molar-refractivity contribution is 5.85. The molecule has 0 amide bonds. The van der Waals surface area contributed by atoms with Gasteiger partial charge in [-0.15, -0.1) is 0 Å². The Morgan fingerprint density at radius 2 is 0.984 bits per heavy atom. The van der Waals surface area contributed by atoms with Crippen LogP contribution in [0.2, 0.25) is 0 Å². The molecule has 0 radical (unpaired) electrons. The maximum Gasteiger partial charge on any atom is 0.311 e. The molecular weight excluding hydrogens is 785 g/mol. The first-order valence-electron chi connectivity index (χ1n) is 24.2. The van der Waals surface area contributed by atoms with Crippen molar-refractivity contribution < 1.29 is 24.6 Å². The minimum atomic E-state index is -1.71. The van der Waals surface area contributed by atoms with Gasteiger partial charge in [-0.2, -0.15) is 0 Å². The lowest BCUT2D eigenvalue weighted by atomic mass is 9.70. The number of hydrogen-bond donors (Lipinski definition) is 2. The van der Waals surface area contributed by atoms with Crippen molar-refractivity contribution >= 4 is 11.9 Å². The van der Waals surface area contributed by atoms with Crippen LogP contribution in [0.25, 0.3) is 0 Å². The first-order valence-corrected chi connectivity index (χ1v) is 24.2. The zero-order valence-electron chi connectivity index (χ0n) is 42.2. The third-order valence-corrected chi connectivity index (χ3v) is 12.3. The summed E-state index contributed by atoms with van der Waals surface area (Å²) < 4.78 is 13.7. The summed E-state index contributed by atoms with van der Waals surface area (Å²) in [5, 5.41) is 36.9. The Hall–Kier alpha value is -3.91. The van der Waals surface area contributed by atoms with Gasteiger partial charge in [0.25, 0.3) is 0 Å². The second-order valence-electron chi connectivity index (χ2n) is 22.0. The average molecular weight is 871 g/mol. The van der Waals surface area contributed by atoms with Crippen LogP contribution in [0.5, 0.6) is 17.2 Å². The van der Waals surface area contributed by atoms with Crippen molar-refractivity contribution in [1.29, 1.82) is 0 Å². The first kappa shape index (κ1) is 53.4. The fourth-order valence-electron chi connectivity index (χ4n) is 8.38. The van der Waals surface area contributed by atoms with Crippen molar-refractivity contribution in [3.05, 3.63) is 91.5 Å². The molecule has 2 N–H and O–H groups in total. The molecule has 0 heterocycles. The molecular formula is C55H86N2O6. The summed E-state index contributed by atoms with van der Waals surface area (Å²) in [6.45, 7) is 34.0. The topological polar surface area (TPSA) is 114 Å². The van der Waals surface area contributed by atoms with Gasteiger partial charge in [-0.25, -0.2) is 0 Å². The highest BCUT2D eigenvalue weighted by atomic mass is 16.6. The molecule has 0 aliphatic carbocycles. The van der Waals surface area contributed by atoms with Crippen molar-refractivity contribution in [2.24, 2.45) is 4.99 Å². The fourth-order valence-corrected chi connectivity index (χ4v) is 8.38. The smallest absolute Gasteiger partial charge is 0.311 e. The van der Waals surface area contributed by atoms with E-state index in [4.69, 9.17) is 14.5 Å². The van der Waals surface area contributed by atoms with Crippen molar-refractivity contribution in [2.45, 2.75) is 221 Å². The predicted molar refractivity (Wildman–Crippen MR) is 265 cm³/mol. The summed E-state index contributed by atoms with van der Waals surface area (Å²) in [5.74, 6) is 1.28. The lowest BCUT2D eigenvalue weighted by molar-refractivity contribution is -0.385. The zero-order chi connectivity index (χ0) is 47.4. The zero-order valence-corrected chi connectivity index (χ0v) is 42.2. The number of nitro groups is 1. The number of nitrogens with zero attached hydrogens (tertiary/aromatic N) is 2. The number of aromatic hydroxyl groups is 1. The number of ether oxygens (including phenoxy) is 2. The summed E-state index contributed by atoms with van der Waals surface area (Å²) in [6.07, 6.45) is 15.9. The van der Waals surface area contributed by atoms with Crippen LogP contribution in [0.3, 0.4) is 0 Å². The summed E-state index contributed by atoms with van der Waals surface area (Å²) in [4.78, 5) is 16.3. The van der Waals surface area contributed by atoms with E-state index in [0.717, 1.165) is 59.4 Å². The van der Waals surface area contributed by atoms with Gasteiger partial charge in [-0.3, -0.25) is 15.1 Å². The molecule has 0 saturated carbocycles. The number of hydrogen-bond acceptors (Lipinski definition) is 7. The van der Waals surface area contributed by atoms with E-state index >= 15 is 0 Å². The van der Waals surface area contributed by atoms with Gasteiger partial charge in [0.1, 0.15) is 17.1 Å². The Bertz CT molecular complexity index is 1790. The lowest BCUT2D eigenvalue weighted by Gasteiger charge is -2.40. The molecule has 3 rings (SSSR count). The number of unbranched alkanes of at least 4 members (excludes halogenated alkanes) is 10. The van der Waals surface area contributed by atoms with Crippen LogP contribution in [0.1, 0.15) is 226 Å². The van der Waals surface area contributed by atoms with Gasteiger partial charge in [0.2, 0.25) is 5.75 Å². The summed E-state index contributed by atoms with van der Waals surface area (Å²) >= 11 is 0. The van der Waals surface area contributed by atoms with Crippen LogP contribution in [0.4, 0.5) is 5.69 Å². The first-order chi connectivity index (χ1) is 29.3. The molecule has 0 bridgehead atoms. The summed E-state index contributed by atoms with van der Waals surface area (Å²) in [5.41, 5.74) is 2.11. The Balaban J connectivity index is 2.46. The normalized spacial score (nSPS) is 13.5. The molecule has 1 unspecified atom stereocenters. The van der Waals surface area contributed by atoms with E-state index in [-0.39, 0.29) is 27.2 Å². The minimum absolute atomic E-state index is 0.207. The highest BCUT2D eigenvalue weighted by Gasteiger charge is 2.44. The van der Waals surface area contributed by atoms with E-state index in [2.05, 4.69) is 121 Å². The van der Waals surface area contributed by atoms with Crippen molar-refractivity contribution in [2.75, 3.05) is 13.2 Å². The number of para-hydroxylation sites is 1. The largest absolute Gasteiger partial charge is 0.502 e. The molecule has 0 aliphatic heterocycles. The van der Waals surface area contributed by atoms with Gasteiger partial charge in [-0.1, -0.05) is 174 Å². The summed E-state index contributed by atoms with van der Waals surface area (Å²) in [6, 6.07) is 12.2. The number of aliphatic imine (C=N–C) groups is 1. The molecule has 8 nitrogen and oxygen atoms in total. The number of phenols is 1. The van der Waals surface area contributed by atoms with Crippen LogP contribution in [0, 0.1) is 10.1 Å². The molecule has 3 aromatic rings. The molecule has 0 aliphatic rings. The number of aliphatic hydroxyl groups is 1. The van der Waals surface area contributed by atoms with Crippen LogP contribution in [0.15, 0.2) is 47.5 Å². The quantitative estimate of drug-likeness (QED) is 0.0424. The van der Waals surface area contributed by atoms with Gasteiger partial charge in [0.05, 0.1) is 24.2 Å². The third-order valence-electron chi connectivity index (χ3n) is 12.3. The molecule has 1 atom stereocenters. The maximum atomic E-state index is 14.1. The van der Waals surface area contributed by atoms with Crippen LogP contribution in [-0.4, -0.2) is 40.6 Å². The molecule has 63 heavy (non-hydrogen) atoms. The fraction of sp³-hybridized carbons (Fsp3) is 0.655. The monoisotopic (exact) mass is 871 g/mol. The number of nitro benzene ring substituents is 1. The highest BCUT2D eigenvalue weighted by Crippen LogP contribution is 2.49. The van der Waals surface area contributed by atoms with Crippen molar-refractivity contribution in [1.82, 2.24) is 0 Å². The van der Waals surface area contributed by atoms with E-state index in [1.165, 1.54) is 69.7 Å². The summed E-state index contributed by atoms with van der Waals surface area (Å²) in [7, 11) is 0. The van der Waals surface area contributed by atoms with E-state index < -0.39 is 28.0 Å². The Morgan fingerprint density at radius 1 is 0.619 bits per heavy atom. The van der Waals surface area contributed by atoms with E-state index in [9.17, 15) is 20.3 Å². The van der Waals surface area contributed by atoms with Gasteiger partial charge in [-0.05, 0) is 82.4 Å². The molecule has 0 saturated heterocycles. The van der Waals surface area contributed by atoms with Crippen LogP contribution in [-0.2, 0) is 27.3 Å². The Kier molecular flexibility index (Phi) is 19.4. The van der Waals surface area contributed by atoms with Crippen molar-refractivity contribution in [3.63, 3.8) is 0 Å². The van der Waals surface area contributed by atoms with Crippen LogP contribution >= 0.6 is 0 Å². The van der Waals surface area contributed by atoms with E-state index in [0.29, 0.717) is 30.8 Å². The lowest BCUT2D eigenvalue weighted by Crippen LogP contribution is -2.41. The molecule has 8 heteroatoms. The van der Waals surface area contributed by atoms with Gasteiger partial charge in [0, 0.05) is 40.1 Å². The van der Waals surface area contributed by atoms with Crippen molar-refractivity contribution in [3.8, 4) is 17.2 Å². The van der Waals surface area contributed by atoms with Crippen LogP contribution < -0.4 is 9.47 Å². The molecule has 352 valence electrons. The standard InChI is InChI=1S/C55H86N2O6/c1-16-19-21-23-25-27-32-62-49-42(51(4,5)6)34-40(35-43(49)52(7,8)9)55(59,47(18-3)56-38-39-30-29-31-46(48(39)58)57(60)61)41-36-44(53(10,11)12)50(45(37-41)54(13,14)15)63-33-28-26-24-22-20-17-2/h29-31,34-38,47,58-59H,16-28,32-33H2,1-15H3. The third kappa shape index (κ3) is 14.3. The molecule has 3 aromatic carbocycles. The van der Waals surface area contributed by atoms with Gasteiger partial charge < -0.3 is 19.7 Å². The Morgan fingerprint density at radius 3 is 1.32 bits per heavy atom. The average Bonchev–Trinajstić information content (AvgIpc) is 3.18. The minimum Gasteiger partial charge on any atom is -0.502 e. The van der Waals surface area contributed by atoms with E-state index in [1.807, 2.05) is 6.92 Å². The SMILES string of the molecule is CCCCCCCCOc1c(C(C)(C)C)cc(C(O)(c2cc(C(C)(C)C)c(OCCCCCCCC)c(C(C)(C)C)c2)C(CC)N=Cc2cccc([N+](=O)[O-])c2O)cc1C(C)(C)C. The Labute approximate surface area is 382 Å². The molecule has 0 spiro atoms.